The molecule has 0 amide bonds. The van der Waals surface area contributed by atoms with Crippen LogP contribution in [-0.4, -0.2) is 33.6 Å². The Morgan fingerprint density at radius 2 is 2.33 bits per heavy atom. The Kier molecular flexibility index (Phi) is 5.09. The molecule has 0 saturated carbocycles. The first-order chi connectivity index (χ1) is 10.2. The summed E-state index contributed by atoms with van der Waals surface area (Å²) in [6.07, 6.45) is 0. The number of ether oxygens (including phenoxy) is 1. The van der Waals surface area contributed by atoms with Crippen molar-refractivity contribution < 1.29 is 9.84 Å². The molecule has 1 aromatic heterocycles. The highest BCUT2D eigenvalue weighted by atomic mass is 32.2. The molecule has 0 spiro atoms. The van der Waals surface area contributed by atoms with Crippen molar-refractivity contribution in [3.05, 3.63) is 39.8 Å². The number of hydrogen-bond donors (Lipinski definition) is 2. The number of benzene rings is 1. The molecular weight excluding hydrogens is 290 g/mol. The number of H-pyrrole nitrogens is 1. The summed E-state index contributed by atoms with van der Waals surface area (Å²) >= 11 is 1.43. The molecule has 0 bridgehead atoms. The van der Waals surface area contributed by atoms with E-state index < -0.39 is 0 Å². The van der Waals surface area contributed by atoms with Gasteiger partial charge in [-0.25, -0.2) is 9.89 Å². The average Bonchev–Trinajstić information content (AvgIpc) is 2.82. The van der Waals surface area contributed by atoms with E-state index in [1.54, 1.807) is 14.2 Å². The first kappa shape index (κ1) is 15.2. The lowest BCUT2D eigenvalue weighted by molar-refractivity contribution is 0.350. The van der Waals surface area contributed by atoms with Gasteiger partial charge >= 0.3 is 5.69 Å². The van der Waals surface area contributed by atoms with Crippen LogP contribution >= 0.6 is 11.8 Å². The van der Waals surface area contributed by atoms with Crippen LogP contribution in [0.4, 0.5) is 0 Å². The van der Waals surface area contributed by atoms with Crippen LogP contribution in [0.2, 0.25) is 0 Å². The fourth-order valence-corrected chi connectivity index (χ4v) is 2.61. The second-order valence-electron chi connectivity index (χ2n) is 4.15. The van der Waals surface area contributed by atoms with E-state index in [1.165, 1.54) is 16.3 Å². The highest BCUT2D eigenvalue weighted by Gasteiger charge is 2.09. The summed E-state index contributed by atoms with van der Waals surface area (Å²) in [5, 5.41) is 15.7. The number of nitrogens with zero attached hydrogens (tertiary/aromatic N) is 2. The van der Waals surface area contributed by atoms with E-state index in [2.05, 4.69) is 22.0 Å². The number of rotatable bonds is 4. The van der Waals surface area contributed by atoms with Gasteiger partial charge in [0.2, 0.25) is 0 Å². The Balaban J connectivity index is 2.21. The van der Waals surface area contributed by atoms with Crippen LogP contribution in [0.15, 0.2) is 28.2 Å². The molecular formula is C14H15N3O3S. The molecule has 0 aliphatic carbocycles. The molecule has 1 aromatic carbocycles. The second-order valence-corrected chi connectivity index (χ2v) is 5.09. The van der Waals surface area contributed by atoms with Gasteiger partial charge in [-0.15, -0.1) is 5.10 Å². The van der Waals surface area contributed by atoms with Crippen LogP contribution in [0.25, 0.3) is 0 Å². The summed E-state index contributed by atoms with van der Waals surface area (Å²) in [5.41, 5.74) is 1.51. The predicted molar refractivity (Wildman–Crippen MR) is 80.3 cm³/mol. The van der Waals surface area contributed by atoms with Crippen molar-refractivity contribution in [3.8, 4) is 17.6 Å². The van der Waals surface area contributed by atoms with Crippen molar-refractivity contribution in [2.45, 2.75) is 10.9 Å². The zero-order valence-corrected chi connectivity index (χ0v) is 12.5. The van der Waals surface area contributed by atoms with Gasteiger partial charge in [0.15, 0.2) is 5.16 Å². The number of aromatic amines is 1. The fourth-order valence-electron chi connectivity index (χ4n) is 1.71. The molecule has 0 fully saturated rings. The minimum absolute atomic E-state index is 0.175. The molecule has 0 aliphatic rings. The lowest BCUT2D eigenvalue weighted by Crippen LogP contribution is -2.12. The average molecular weight is 305 g/mol. The molecule has 21 heavy (non-hydrogen) atoms. The number of nitrogens with one attached hydrogen (secondary N) is 1. The molecule has 0 saturated heterocycles. The van der Waals surface area contributed by atoms with Crippen molar-refractivity contribution in [2.75, 3.05) is 13.7 Å². The standard InChI is InChI=1S/C14H15N3O3S/c1-17-13(19)15-16-14(17)21-9-11-8-10(4-3-7-18)5-6-12(11)20-2/h5-6,8,18H,7,9H2,1-2H3,(H,15,19). The molecule has 0 unspecified atom stereocenters. The molecule has 2 rings (SSSR count). The SMILES string of the molecule is COc1ccc(C#CCO)cc1CSc1n[nH]c(=O)n1C. The third-order valence-electron chi connectivity index (χ3n) is 2.79. The smallest absolute Gasteiger partial charge is 0.343 e. The Morgan fingerprint density at radius 3 is 2.95 bits per heavy atom. The van der Waals surface area contributed by atoms with Crippen molar-refractivity contribution in [1.29, 1.82) is 0 Å². The van der Waals surface area contributed by atoms with E-state index in [9.17, 15) is 4.79 Å². The van der Waals surface area contributed by atoms with E-state index in [4.69, 9.17) is 9.84 Å². The zero-order chi connectivity index (χ0) is 15.2. The van der Waals surface area contributed by atoms with Crippen LogP contribution in [0.5, 0.6) is 5.75 Å². The number of methoxy groups -OCH3 is 1. The van der Waals surface area contributed by atoms with E-state index in [0.717, 1.165) is 16.9 Å². The van der Waals surface area contributed by atoms with Crippen molar-refractivity contribution in [2.24, 2.45) is 7.05 Å². The number of thioether (sulfide) groups is 1. The summed E-state index contributed by atoms with van der Waals surface area (Å²) < 4.78 is 6.77. The summed E-state index contributed by atoms with van der Waals surface area (Å²) in [6, 6.07) is 5.57. The van der Waals surface area contributed by atoms with E-state index in [1.807, 2.05) is 18.2 Å². The van der Waals surface area contributed by atoms with Crippen molar-refractivity contribution in [3.63, 3.8) is 0 Å². The predicted octanol–water partition coefficient (Wildman–Crippen LogP) is 0.753. The van der Waals surface area contributed by atoms with E-state index in [-0.39, 0.29) is 12.3 Å². The Hall–Kier alpha value is -2.17. The zero-order valence-electron chi connectivity index (χ0n) is 11.7. The third kappa shape index (κ3) is 3.68. The minimum Gasteiger partial charge on any atom is -0.496 e. The molecule has 1 heterocycles. The van der Waals surface area contributed by atoms with Gasteiger partial charge in [-0.3, -0.25) is 4.57 Å². The maximum Gasteiger partial charge on any atom is 0.343 e. The van der Waals surface area contributed by atoms with Crippen LogP contribution in [0.3, 0.4) is 0 Å². The normalized spacial score (nSPS) is 10.0. The number of aliphatic hydroxyl groups is 1. The van der Waals surface area contributed by atoms with Gasteiger partial charge in [0.05, 0.1) is 7.11 Å². The van der Waals surface area contributed by atoms with Crippen LogP contribution in [0, 0.1) is 11.8 Å². The monoisotopic (exact) mass is 305 g/mol. The van der Waals surface area contributed by atoms with Gasteiger partial charge in [-0.05, 0) is 18.2 Å². The summed E-state index contributed by atoms with van der Waals surface area (Å²) in [6.45, 7) is -0.175. The highest BCUT2D eigenvalue weighted by Crippen LogP contribution is 2.27. The first-order valence-corrected chi connectivity index (χ1v) is 7.15. The van der Waals surface area contributed by atoms with Gasteiger partial charge < -0.3 is 9.84 Å². The van der Waals surface area contributed by atoms with Gasteiger partial charge in [0, 0.05) is 23.9 Å². The molecule has 6 nitrogen and oxygen atoms in total. The molecule has 0 radical (unpaired) electrons. The van der Waals surface area contributed by atoms with Crippen molar-refractivity contribution >= 4 is 11.8 Å². The fraction of sp³-hybridized carbons (Fsp3) is 0.286. The van der Waals surface area contributed by atoms with Gasteiger partial charge in [0.25, 0.3) is 0 Å². The number of aromatic nitrogens is 3. The molecule has 110 valence electrons. The Morgan fingerprint density at radius 1 is 1.52 bits per heavy atom. The lowest BCUT2D eigenvalue weighted by Gasteiger charge is -2.08. The second kappa shape index (κ2) is 7.02. The van der Waals surface area contributed by atoms with E-state index in [0.29, 0.717) is 10.9 Å². The largest absolute Gasteiger partial charge is 0.496 e. The number of aliphatic hydroxyl groups excluding tert-OH is 1. The molecule has 2 aromatic rings. The topological polar surface area (TPSA) is 80.1 Å². The Bertz CT molecular complexity index is 740. The maximum atomic E-state index is 11.3. The van der Waals surface area contributed by atoms with Crippen LogP contribution in [0.1, 0.15) is 11.1 Å². The van der Waals surface area contributed by atoms with E-state index >= 15 is 0 Å². The third-order valence-corrected chi connectivity index (χ3v) is 3.87. The molecule has 0 atom stereocenters. The van der Waals surface area contributed by atoms with Crippen LogP contribution < -0.4 is 10.4 Å². The minimum atomic E-state index is -0.243. The summed E-state index contributed by atoms with van der Waals surface area (Å²) in [4.78, 5) is 11.3. The number of hydrogen-bond acceptors (Lipinski definition) is 5. The molecule has 0 aliphatic heterocycles. The highest BCUT2D eigenvalue weighted by molar-refractivity contribution is 7.98. The molecule has 7 heteroatoms. The lowest BCUT2D eigenvalue weighted by atomic mass is 10.1. The quantitative estimate of drug-likeness (QED) is 0.644. The van der Waals surface area contributed by atoms with Gasteiger partial charge in [-0.1, -0.05) is 23.6 Å². The maximum absolute atomic E-state index is 11.3. The first-order valence-electron chi connectivity index (χ1n) is 6.16. The van der Waals surface area contributed by atoms with Gasteiger partial charge in [0.1, 0.15) is 12.4 Å². The van der Waals surface area contributed by atoms with Crippen LogP contribution in [-0.2, 0) is 12.8 Å². The summed E-state index contributed by atoms with van der Waals surface area (Å²) in [7, 11) is 3.27. The Labute approximate surface area is 126 Å². The molecule has 2 N–H and O–H groups in total. The van der Waals surface area contributed by atoms with Gasteiger partial charge in [-0.2, -0.15) is 0 Å². The van der Waals surface area contributed by atoms with Crippen molar-refractivity contribution in [1.82, 2.24) is 14.8 Å². The summed E-state index contributed by atoms with van der Waals surface area (Å²) in [5.74, 6) is 6.81.